The molecule has 0 unspecified atom stereocenters. The summed E-state index contributed by atoms with van der Waals surface area (Å²) in [5.41, 5.74) is 2.89. The highest BCUT2D eigenvalue weighted by atomic mass is 19.1. The summed E-state index contributed by atoms with van der Waals surface area (Å²) in [4.78, 5) is 12.3. The van der Waals surface area contributed by atoms with Crippen molar-refractivity contribution in [1.29, 1.82) is 0 Å². The average molecular weight is 409 g/mol. The van der Waals surface area contributed by atoms with Crippen LogP contribution in [0.15, 0.2) is 48.5 Å². The molecule has 3 atom stereocenters. The fourth-order valence-electron chi connectivity index (χ4n) is 4.84. The number of carboxylic acid groups (broad SMARTS) is 1. The minimum absolute atomic E-state index is 0.296. The van der Waals surface area contributed by atoms with E-state index in [9.17, 15) is 14.3 Å². The molecule has 1 aromatic heterocycles. The summed E-state index contributed by atoms with van der Waals surface area (Å²) >= 11 is 0. The molecule has 1 fully saturated rings. The van der Waals surface area contributed by atoms with Gasteiger partial charge in [0.25, 0.3) is 0 Å². The second-order valence-corrected chi connectivity index (χ2v) is 8.62. The fraction of sp³-hybridized carbons (Fsp3) is 0.400. The summed E-state index contributed by atoms with van der Waals surface area (Å²) in [6, 6.07) is 14.5. The molecule has 5 heteroatoms. The summed E-state index contributed by atoms with van der Waals surface area (Å²) in [6.07, 6.45) is 3.60. The van der Waals surface area contributed by atoms with Crippen LogP contribution in [-0.4, -0.2) is 21.7 Å². The number of para-hydroxylation sites is 1. The smallest absolute Gasteiger partial charge is 0.352 e. The molecule has 0 aliphatic heterocycles. The molecule has 1 heterocycles. The summed E-state index contributed by atoms with van der Waals surface area (Å²) in [6.45, 7) is 5.51. The van der Waals surface area contributed by atoms with Crippen molar-refractivity contribution in [2.24, 2.45) is 11.8 Å². The van der Waals surface area contributed by atoms with Gasteiger partial charge in [-0.25, -0.2) is 9.18 Å². The topological polar surface area (TPSA) is 54.3 Å². The number of nitrogens with one attached hydrogen (secondary N) is 1. The molecule has 4 rings (SSSR count). The zero-order chi connectivity index (χ0) is 21.3. The molecular formula is C25H29FN2O2. The molecule has 2 N–H and O–H groups in total. The summed E-state index contributed by atoms with van der Waals surface area (Å²) in [7, 11) is 0. The Bertz CT molecular complexity index is 1040. The highest BCUT2D eigenvalue weighted by Crippen LogP contribution is 2.31. The van der Waals surface area contributed by atoms with Crippen LogP contribution >= 0.6 is 0 Å². The number of rotatable bonds is 6. The Morgan fingerprint density at radius 2 is 1.87 bits per heavy atom. The van der Waals surface area contributed by atoms with E-state index < -0.39 is 5.97 Å². The van der Waals surface area contributed by atoms with E-state index in [4.69, 9.17) is 0 Å². The molecule has 0 amide bonds. The van der Waals surface area contributed by atoms with Gasteiger partial charge >= 0.3 is 5.97 Å². The first kappa shape index (κ1) is 20.6. The maximum atomic E-state index is 13.3. The molecule has 2 aromatic carbocycles. The summed E-state index contributed by atoms with van der Waals surface area (Å²) < 4.78 is 15.2. The molecule has 0 bridgehead atoms. The first-order chi connectivity index (χ1) is 14.5. The second kappa shape index (κ2) is 8.60. The van der Waals surface area contributed by atoms with E-state index in [2.05, 4.69) is 19.2 Å². The van der Waals surface area contributed by atoms with E-state index in [0.717, 1.165) is 28.5 Å². The highest BCUT2D eigenvalue weighted by molar-refractivity contribution is 5.98. The van der Waals surface area contributed by atoms with Crippen molar-refractivity contribution < 1.29 is 14.3 Å². The number of aromatic nitrogens is 1. The predicted molar refractivity (Wildman–Crippen MR) is 117 cm³/mol. The summed E-state index contributed by atoms with van der Waals surface area (Å²) in [5, 5.41) is 14.7. The van der Waals surface area contributed by atoms with Gasteiger partial charge in [-0.3, -0.25) is 0 Å². The van der Waals surface area contributed by atoms with E-state index in [0.29, 0.717) is 36.7 Å². The Morgan fingerprint density at radius 1 is 1.13 bits per heavy atom. The molecule has 4 nitrogen and oxygen atoms in total. The number of carboxylic acids is 1. The third-order valence-electron chi connectivity index (χ3n) is 6.78. The molecule has 1 aliphatic rings. The van der Waals surface area contributed by atoms with Crippen molar-refractivity contribution >= 4 is 16.9 Å². The van der Waals surface area contributed by atoms with Crippen molar-refractivity contribution in [2.45, 2.75) is 52.2 Å². The zero-order valence-corrected chi connectivity index (χ0v) is 17.6. The van der Waals surface area contributed by atoms with Crippen LogP contribution in [-0.2, 0) is 13.1 Å². The van der Waals surface area contributed by atoms with Crippen LogP contribution in [0.2, 0.25) is 0 Å². The molecule has 0 saturated heterocycles. The summed E-state index contributed by atoms with van der Waals surface area (Å²) in [5.74, 6) is 0.0140. The number of aromatic carboxylic acids is 1. The molecule has 0 spiro atoms. The quantitative estimate of drug-likeness (QED) is 0.571. The number of fused-ring (bicyclic) bond motifs is 1. The van der Waals surface area contributed by atoms with E-state index in [1.54, 1.807) is 12.1 Å². The van der Waals surface area contributed by atoms with Crippen molar-refractivity contribution in [2.75, 3.05) is 0 Å². The number of benzene rings is 2. The first-order valence-corrected chi connectivity index (χ1v) is 10.8. The van der Waals surface area contributed by atoms with Crippen molar-refractivity contribution in [1.82, 2.24) is 9.88 Å². The van der Waals surface area contributed by atoms with E-state index in [1.165, 1.54) is 25.0 Å². The van der Waals surface area contributed by atoms with Gasteiger partial charge in [0, 0.05) is 35.6 Å². The van der Waals surface area contributed by atoms with Gasteiger partial charge in [0.1, 0.15) is 11.5 Å². The molecule has 0 radical (unpaired) electrons. The number of nitrogens with zero attached hydrogens (tertiary/aromatic N) is 1. The Hall–Kier alpha value is -2.66. The maximum Gasteiger partial charge on any atom is 0.352 e. The second-order valence-electron chi connectivity index (χ2n) is 8.62. The Labute approximate surface area is 176 Å². The molecular weight excluding hydrogens is 379 g/mol. The van der Waals surface area contributed by atoms with Crippen molar-refractivity contribution in [3.63, 3.8) is 0 Å². The zero-order valence-electron chi connectivity index (χ0n) is 17.6. The Morgan fingerprint density at radius 3 is 2.60 bits per heavy atom. The molecule has 3 aromatic rings. The van der Waals surface area contributed by atoms with Crippen LogP contribution in [0.5, 0.6) is 0 Å². The van der Waals surface area contributed by atoms with Gasteiger partial charge in [0.15, 0.2) is 0 Å². The number of carbonyl (C=O) groups is 1. The first-order valence-electron chi connectivity index (χ1n) is 10.8. The molecule has 1 saturated carbocycles. The van der Waals surface area contributed by atoms with Crippen LogP contribution in [0.25, 0.3) is 10.9 Å². The van der Waals surface area contributed by atoms with Gasteiger partial charge < -0.3 is 15.0 Å². The van der Waals surface area contributed by atoms with E-state index in [1.807, 2.05) is 28.8 Å². The van der Waals surface area contributed by atoms with Gasteiger partial charge in [-0.05, 0) is 42.0 Å². The molecule has 158 valence electrons. The minimum atomic E-state index is -0.935. The fourth-order valence-corrected chi connectivity index (χ4v) is 4.84. The maximum absolute atomic E-state index is 13.3. The SMILES string of the molecule is C[C@H]1[C@H](C)CCC[C@@H]1NCc1c(C(=O)O)n(Cc2ccc(F)cc2)c2ccccc12. The van der Waals surface area contributed by atoms with Gasteiger partial charge in [-0.1, -0.05) is 57.0 Å². The lowest BCUT2D eigenvalue weighted by molar-refractivity contribution is 0.0684. The third kappa shape index (κ3) is 3.99. The molecule has 1 aliphatic carbocycles. The van der Waals surface area contributed by atoms with Crippen LogP contribution in [0.1, 0.15) is 54.7 Å². The van der Waals surface area contributed by atoms with Crippen LogP contribution in [0.3, 0.4) is 0 Å². The highest BCUT2D eigenvalue weighted by Gasteiger charge is 2.28. The lowest BCUT2D eigenvalue weighted by Crippen LogP contribution is -2.40. The monoisotopic (exact) mass is 408 g/mol. The standard InChI is InChI=1S/C25H29FN2O2/c1-16-6-5-8-22(17(16)2)27-14-21-20-7-3-4-9-23(20)28(24(21)25(29)30)15-18-10-12-19(26)13-11-18/h3-4,7,9-13,16-17,22,27H,5-6,8,14-15H2,1-2H3,(H,29,30)/t16-,17+,22+/m1/s1. The van der Waals surface area contributed by atoms with Gasteiger partial charge in [-0.15, -0.1) is 0 Å². The van der Waals surface area contributed by atoms with Gasteiger partial charge in [0.2, 0.25) is 0 Å². The lowest BCUT2D eigenvalue weighted by atomic mass is 9.78. The van der Waals surface area contributed by atoms with Crippen molar-refractivity contribution in [3.8, 4) is 0 Å². The number of hydrogen-bond acceptors (Lipinski definition) is 2. The van der Waals surface area contributed by atoms with E-state index in [-0.39, 0.29) is 5.82 Å². The van der Waals surface area contributed by atoms with E-state index >= 15 is 0 Å². The average Bonchev–Trinajstić information content (AvgIpc) is 3.04. The van der Waals surface area contributed by atoms with Crippen molar-refractivity contribution in [3.05, 3.63) is 71.2 Å². The van der Waals surface area contributed by atoms with Crippen LogP contribution < -0.4 is 5.32 Å². The number of hydrogen-bond donors (Lipinski definition) is 2. The largest absolute Gasteiger partial charge is 0.477 e. The number of halogens is 1. The lowest BCUT2D eigenvalue weighted by Gasteiger charge is -2.34. The van der Waals surface area contributed by atoms with Crippen LogP contribution in [0, 0.1) is 17.7 Å². The third-order valence-corrected chi connectivity index (χ3v) is 6.78. The van der Waals surface area contributed by atoms with Crippen LogP contribution in [0.4, 0.5) is 4.39 Å². The Balaban J connectivity index is 1.71. The predicted octanol–water partition coefficient (Wildman–Crippen LogP) is 5.44. The van der Waals surface area contributed by atoms with Gasteiger partial charge in [-0.2, -0.15) is 0 Å². The Kier molecular flexibility index (Phi) is 5.91. The normalized spacial score (nSPS) is 21.8. The minimum Gasteiger partial charge on any atom is -0.477 e. The molecule has 30 heavy (non-hydrogen) atoms. The van der Waals surface area contributed by atoms with Gasteiger partial charge in [0.05, 0.1) is 0 Å².